The first-order valence-electron chi connectivity index (χ1n) is 21.9. The lowest BCUT2D eigenvalue weighted by Gasteiger charge is -2.14. The second kappa shape index (κ2) is 14.6. The Bertz CT molecular complexity index is 4010. The smallest absolute Gasteiger partial charge is 0.0794 e. The molecule has 0 amide bonds. The van der Waals surface area contributed by atoms with Crippen molar-refractivity contribution in [2.24, 2.45) is 0 Å². The lowest BCUT2D eigenvalue weighted by molar-refractivity contribution is 1.39. The van der Waals surface area contributed by atoms with Crippen LogP contribution in [0.1, 0.15) is 0 Å². The van der Waals surface area contributed by atoms with E-state index in [2.05, 4.69) is 231 Å². The van der Waals surface area contributed by atoms with Gasteiger partial charge in [0, 0.05) is 32.7 Å². The minimum absolute atomic E-state index is 0.935. The Hall–Kier alpha value is -8.46. The van der Waals surface area contributed by atoms with E-state index in [1.807, 2.05) is 0 Å². The largest absolute Gasteiger partial charge is 0.247 e. The number of hydrogen-bond donors (Lipinski definition) is 0. The number of benzene rings is 11. The Morgan fingerprint density at radius 1 is 0.203 bits per heavy atom. The average molecular weight is 811 g/mol. The minimum Gasteiger partial charge on any atom is -0.247 e. The molecule has 0 saturated carbocycles. The van der Waals surface area contributed by atoms with Crippen LogP contribution in [-0.4, -0.2) is 9.97 Å². The standard InChI is InChI=1S/C62H38N2/c1-4-10-47-33-50(24-13-39(47)7-1)52-26-17-42-16-23-46-30-32-59(63-61(46)57(42)36-52)44-19-21-45(22-20-44)60-38-56(54-28-15-41-9-3-6-12-49(41)35-54)55-31-29-43-18-27-53(37-58(43)62(55)64-60)51-25-14-40-8-2-5-11-48(40)34-51/h1-38H. The molecular weight excluding hydrogens is 773 g/mol. The summed E-state index contributed by atoms with van der Waals surface area (Å²) in [7, 11) is 0. The normalized spacial score (nSPS) is 11.8. The average Bonchev–Trinajstić information content (AvgIpc) is 3.37. The van der Waals surface area contributed by atoms with Crippen molar-refractivity contribution in [2.45, 2.75) is 0 Å². The van der Waals surface area contributed by atoms with E-state index in [-0.39, 0.29) is 0 Å². The molecule has 11 aromatic carbocycles. The van der Waals surface area contributed by atoms with Crippen molar-refractivity contribution in [2.75, 3.05) is 0 Å². The van der Waals surface area contributed by atoms with Crippen molar-refractivity contribution >= 4 is 75.7 Å². The number of aromatic nitrogens is 2. The lowest BCUT2D eigenvalue weighted by Crippen LogP contribution is -1.93. The summed E-state index contributed by atoms with van der Waals surface area (Å²) in [4.78, 5) is 10.9. The van der Waals surface area contributed by atoms with Crippen LogP contribution in [0, 0.1) is 0 Å². The fourth-order valence-electron chi connectivity index (χ4n) is 9.73. The molecular formula is C62H38N2. The van der Waals surface area contributed by atoms with E-state index in [0.717, 1.165) is 55.1 Å². The van der Waals surface area contributed by atoms with E-state index in [1.54, 1.807) is 0 Å². The van der Waals surface area contributed by atoms with Gasteiger partial charge in [0.25, 0.3) is 0 Å². The zero-order valence-corrected chi connectivity index (χ0v) is 34.8. The highest BCUT2D eigenvalue weighted by atomic mass is 14.7. The number of nitrogens with zero attached hydrogens (tertiary/aromatic N) is 2. The number of pyridine rings is 2. The molecule has 0 aliphatic heterocycles. The molecule has 0 saturated heterocycles. The van der Waals surface area contributed by atoms with Crippen molar-refractivity contribution < 1.29 is 0 Å². The molecule has 0 radical (unpaired) electrons. The first kappa shape index (κ1) is 36.2. The van der Waals surface area contributed by atoms with Crippen LogP contribution < -0.4 is 0 Å². The predicted molar refractivity (Wildman–Crippen MR) is 272 cm³/mol. The second-order valence-corrected chi connectivity index (χ2v) is 17.0. The van der Waals surface area contributed by atoms with Crippen molar-refractivity contribution in [3.05, 3.63) is 231 Å². The summed E-state index contributed by atoms with van der Waals surface area (Å²) < 4.78 is 0. The number of fused-ring (bicyclic) bond motifs is 9. The molecule has 0 spiro atoms. The fourth-order valence-corrected chi connectivity index (χ4v) is 9.73. The summed E-state index contributed by atoms with van der Waals surface area (Å²) in [5, 5.41) is 14.3. The summed E-state index contributed by atoms with van der Waals surface area (Å²) in [6.45, 7) is 0. The van der Waals surface area contributed by atoms with E-state index in [4.69, 9.17) is 9.97 Å². The first-order chi connectivity index (χ1) is 31.6. The van der Waals surface area contributed by atoms with E-state index < -0.39 is 0 Å². The van der Waals surface area contributed by atoms with Gasteiger partial charge in [0.15, 0.2) is 0 Å². The van der Waals surface area contributed by atoms with Gasteiger partial charge in [-0.3, -0.25) is 0 Å². The zero-order chi connectivity index (χ0) is 42.1. The van der Waals surface area contributed by atoms with Gasteiger partial charge in [-0.15, -0.1) is 0 Å². The highest BCUT2D eigenvalue weighted by Crippen LogP contribution is 2.39. The molecule has 2 heterocycles. The SMILES string of the molecule is c1ccc2cc(-c3ccc4ccc5ccc(-c6ccc(-c7cc(-c8ccc9ccccc9c8)c8ccc9ccc(-c%10ccc%11ccccc%11c%10)cc9c8n7)cc6)nc5c4c3)ccc2c1. The summed E-state index contributed by atoms with van der Waals surface area (Å²) in [5.74, 6) is 0. The van der Waals surface area contributed by atoms with Gasteiger partial charge < -0.3 is 0 Å². The summed E-state index contributed by atoms with van der Waals surface area (Å²) in [6, 6.07) is 83.7. The van der Waals surface area contributed by atoms with Crippen LogP contribution in [-0.2, 0) is 0 Å². The first-order valence-corrected chi connectivity index (χ1v) is 21.9. The molecule has 13 rings (SSSR count). The van der Waals surface area contributed by atoms with Gasteiger partial charge in [-0.05, 0) is 119 Å². The molecule has 0 unspecified atom stereocenters. The highest BCUT2D eigenvalue weighted by Gasteiger charge is 2.15. The second-order valence-electron chi connectivity index (χ2n) is 17.0. The van der Waals surface area contributed by atoms with Crippen LogP contribution in [0.15, 0.2) is 231 Å². The Kier molecular flexibility index (Phi) is 8.25. The third kappa shape index (κ3) is 6.19. The molecule has 64 heavy (non-hydrogen) atoms. The van der Waals surface area contributed by atoms with E-state index in [1.165, 1.54) is 76.5 Å². The van der Waals surface area contributed by atoms with Crippen molar-refractivity contribution in [1.29, 1.82) is 0 Å². The van der Waals surface area contributed by atoms with Crippen LogP contribution in [0.2, 0.25) is 0 Å². The van der Waals surface area contributed by atoms with Crippen molar-refractivity contribution in [3.8, 4) is 55.9 Å². The minimum atomic E-state index is 0.935. The predicted octanol–water partition coefficient (Wildman–Crippen LogP) is 16.9. The van der Waals surface area contributed by atoms with Gasteiger partial charge in [-0.25, -0.2) is 9.97 Å². The topological polar surface area (TPSA) is 25.8 Å². The Labute approximate surface area is 370 Å². The third-order valence-corrected chi connectivity index (χ3v) is 13.2. The van der Waals surface area contributed by atoms with Crippen LogP contribution in [0.3, 0.4) is 0 Å². The van der Waals surface area contributed by atoms with Gasteiger partial charge >= 0.3 is 0 Å². The quantitative estimate of drug-likeness (QED) is 0.162. The summed E-state index contributed by atoms with van der Waals surface area (Å²) in [6.07, 6.45) is 0. The summed E-state index contributed by atoms with van der Waals surface area (Å²) in [5.41, 5.74) is 13.1. The van der Waals surface area contributed by atoms with Crippen molar-refractivity contribution in [1.82, 2.24) is 9.97 Å². The zero-order valence-electron chi connectivity index (χ0n) is 34.8. The van der Waals surface area contributed by atoms with Crippen LogP contribution in [0.5, 0.6) is 0 Å². The Balaban J connectivity index is 0.931. The lowest BCUT2D eigenvalue weighted by atomic mass is 9.93. The van der Waals surface area contributed by atoms with E-state index >= 15 is 0 Å². The monoisotopic (exact) mass is 810 g/mol. The number of rotatable bonds is 5. The summed E-state index contributed by atoms with van der Waals surface area (Å²) >= 11 is 0. The van der Waals surface area contributed by atoms with Crippen LogP contribution >= 0.6 is 0 Å². The van der Waals surface area contributed by atoms with E-state index in [9.17, 15) is 0 Å². The van der Waals surface area contributed by atoms with Gasteiger partial charge in [0.1, 0.15) is 0 Å². The molecule has 2 nitrogen and oxygen atoms in total. The molecule has 296 valence electrons. The molecule has 0 N–H and O–H groups in total. The maximum atomic E-state index is 5.52. The molecule has 2 aromatic heterocycles. The van der Waals surface area contributed by atoms with Gasteiger partial charge in [0.05, 0.1) is 22.4 Å². The number of hydrogen-bond acceptors (Lipinski definition) is 2. The molecule has 13 aromatic rings. The molecule has 0 aliphatic rings. The molecule has 0 aliphatic carbocycles. The Morgan fingerprint density at radius 3 is 1.16 bits per heavy atom. The maximum absolute atomic E-state index is 5.52. The molecule has 2 heteroatoms. The highest BCUT2D eigenvalue weighted by molar-refractivity contribution is 6.13. The third-order valence-electron chi connectivity index (χ3n) is 13.2. The fraction of sp³-hybridized carbons (Fsp3) is 0. The van der Waals surface area contributed by atoms with Gasteiger partial charge in [-0.2, -0.15) is 0 Å². The van der Waals surface area contributed by atoms with Crippen molar-refractivity contribution in [3.63, 3.8) is 0 Å². The van der Waals surface area contributed by atoms with Crippen LogP contribution in [0.25, 0.3) is 132 Å². The van der Waals surface area contributed by atoms with Gasteiger partial charge in [-0.1, -0.05) is 188 Å². The Morgan fingerprint density at radius 2 is 0.578 bits per heavy atom. The van der Waals surface area contributed by atoms with Gasteiger partial charge in [0.2, 0.25) is 0 Å². The molecule has 0 bridgehead atoms. The van der Waals surface area contributed by atoms with E-state index in [0.29, 0.717) is 0 Å². The maximum Gasteiger partial charge on any atom is 0.0794 e. The molecule has 0 atom stereocenters. The molecule has 0 fully saturated rings. The van der Waals surface area contributed by atoms with Crippen LogP contribution in [0.4, 0.5) is 0 Å².